The number of rotatable bonds is 2. The molecule has 3 aromatic heterocycles. The topological polar surface area (TPSA) is 72.0 Å². The van der Waals surface area contributed by atoms with Gasteiger partial charge in [0.1, 0.15) is 10.3 Å². The van der Waals surface area contributed by atoms with Gasteiger partial charge in [0.25, 0.3) is 0 Å². The third-order valence-corrected chi connectivity index (χ3v) is 3.35. The molecule has 0 saturated heterocycles. The van der Waals surface area contributed by atoms with Crippen LogP contribution in [-0.4, -0.2) is 19.6 Å². The predicted molar refractivity (Wildman–Crippen MR) is 68.4 cm³/mol. The standard InChI is InChI=1S/C11H10BrN5/c12-11-9(6-13)15-10-4-3-8(16-17(10)11)7-2-1-5-14-7/h1-5,14H,6,13H2. The Morgan fingerprint density at radius 3 is 2.94 bits per heavy atom. The molecule has 0 saturated carbocycles. The molecule has 3 heterocycles. The average Bonchev–Trinajstić information content (AvgIpc) is 2.97. The molecule has 0 aliphatic rings. The van der Waals surface area contributed by atoms with Crippen molar-refractivity contribution in [3.05, 3.63) is 40.8 Å². The fourth-order valence-corrected chi connectivity index (χ4v) is 2.23. The van der Waals surface area contributed by atoms with Crippen LogP contribution in [0.2, 0.25) is 0 Å². The molecule has 86 valence electrons. The van der Waals surface area contributed by atoms with E-state index in [0.29, 0.717) is 6.54 Å². The summed E-state index contributed by atoms with van der Waals surface area (Å²) < 4.78 is 2.56. The highest BCUT2D eigenvalue weighted by Gasteiger charge is 2.10. The number of nitrogens with two attached hydrogens (primary N) is 1. The van der Waals surface area contributed by atoms with Crippen LogP contribution in [0.4, 0.5) is 0 Å². The van der Waals surface area contributed by atoms with Crippen molar-refractivity contribution >= 4 is 21.6 Å². The molecule has 0 aliphatic heterocycles. The Bertz CT molecular complexity index is 656. The van der Waals surface area contributed by atoms with E-state index in [9.17, 15) is 0 Å². The molecule has 0 atom stereocenters. The van der Waals surface area contributed by atoms with Gasteiger partial charge >= 0.3 is 0 Å². The van der Waals surface area contributed by atoms with Crippen LogP contribution in [-0.2, 0) is 6.54 Å². The van der Waals surface area contributed by atoms with E-state index in [1.54, 1.807) is 4.52 Å². The van der Waals surface area contributed by atoms with Gasteiger partial charge in [-0.3, -0.25) is 0 Å². The van der Waals surface area contributed by atoms with Crippen molar-refractivity contribution in [1.29, 1.82) is 0 Å². The van der Waals surface area contributed by atoms with Gasteiger partial charge in [-0.25, -0.2) is 9.50 Å². The van der Waals surface area contributed by atoms with Crippen LogP contribution in [0.3, 0.4) is 0 Å². The average molecular weight is 292 g/mol. The second-order valence-corrected chi connectivity index (χ2v) is 4.38. The van der Waals surface area contributed by atoms with Gasteiger partial charge < -0.3 is 10.7 Å². The lowest BCUT2D eigenvalue weighted by atomic mass is 10.3. The molecule has 5 nitrogen and oxygen atoms in total. The van der Waals surface area contributed by atoms with Crippen LogP contribution in [0.25, 0.3) is 17.0 Å². The van der Waals surface area contributed by atoms with Gasteiger partial charge in [0.15, 0.2) is 5.65 Å². The van der Waals surface area contributed by atoms with Crippen molar-refractivity contribution in [1.82, 2.24) is 19.6 Å². The fraction of sp³-hybridized carbons (Fsp3) is 0.0909. The maximum absolute atomic E-state index is 5.61. The fourth-order valence-electron chi connectivity index (χ4n) is 1.72. The Hall–Kier alpha value is -1.66. The SMILES string of the molecule is NCc1nc2ccc(-c3ccc[nH]3)nn2c1Br. The zero-order valence-corrected chi connectivity index (χ0v) is 10.5. The van der Waals surface area contributed by atoms with Crippen LogP contribution >= 0.6 is 15.9 Å². The van der Waals surface area contributed by atoms with E-state index in [2.05, 4.69) is 31.0 Å². The molecule has 0 aliphatic carbocycles. The summed E-state index contributed by atoms with van der Waals surface area (Å²) in [5, 5.41) is 4.51. The van der Waals surface area contributed by atoms with Crippen molar-refractivity contribution in [2.24, 2.45) is 5.73 Å². The maximum atomic E-state index is 5.61. The van der Waals surface area contributed by atoms with Gasteiger partial charge in [-0.2, -0.15) is 5.10 Å². The molecule has 6 heteroatoms. The highest BCUT2D eigenvalue weighted by atomic mass is 79.9. The minimum Gasteiger partial charge on any atom is -0.360 e. The van der Waals surface area contributed by atoms with E-state index >= 15 is 0 Å². The summed E-state index contributed by atoms with van der Waals surface area (Å²) in [6.07, 6.45) is 1.87. The van der Waals surface area contributed by atoms with Gasteiger partial charge in [-0.05, 0) is 40.2 Å². The first-order valence-corrected chi connectivity index (χ1v) is 5.97. The van der Waals surface area contributed by atoms with Gasteiger partial charge in [0.05, 0.1) is 11.4 Å². The summed E-state index contributed by atoms with van der Waals surface area (Å²) >= 11 is 3.46. The molecule has 0 amide bonds. The zero-order chi connectivity index (χ0) is 11.8. The smallest absolute Gasteiger partial charge is 0.155 e. The van der Waals surface area contributed by atoms with Crippen LogP contribution in [0, 0.1) is 0 Å². The highest BCUT2D eigenvalue weighted by Crippen LogP contribution is 2.20. The monoisotopic (exact) mass is 291 g/mol. The minimum atomic E-state index is 0.391. The Balaban J connectivity index is 2.22. The van der Waals surface area contributed by atoms with Crippen LogP contribution in [0.1, 0.15) is 5.69 Å². The number of nitrogens with one attached hydrogen (secondary N) is 1. The van der Waals surface area contributed by atoms with Crippen LogP contribution in [0.5, 0.6) is 0 Å². The molecule has 3 N–H and O–H groups in total. The number of hydrogen-bond donors (Lipinski definition) is 2. The largest absolute Gasteiger partial charge is 0.360 e. The number of fused-ring (bicyclic) bond motifs is 1. The van der Waals surface area contributed by atoms with Gasteiger partial charge in [0, 0.05) is 12.7 Å². The third kappa shape index (κ3) is 1.65. The van der Waals surface area contributed by atoms with E-state index in [1.807, 2.05) is 30.5 Å². The quantitative estimate of drug-likeness (QED) is 0.758. The van der Waals surface area contributed by atoms with E-state index in [0.717, 1.165) is 27.3 Å². The predicted octanol–water partition coefficient (Wildman–Crippen LogP) is 1.95. The number of imidazole rings is 1. The molecule has 3 aromatic rings. The lowest BCUT2D eigenvalue weighted by molar-refractivity contribution is 0.906. The van der Waals surface area contributed by atoms with Crippen molar-refractivity contribution in [3.63, 3.8) is 0 Å². The molecule has 0 spiro atoms. The van der Waals surface area contributed by atoms with Gasteiger partial charge in [0.2, 0.25) is 0 Å². The minimum absolute atomic E-state index is 0.391. The molecule has 3 rings (SSSR count). The molecule has 0 aromatic carbocycles. The number of nitrogens with zero attached hydrogens (tertiary/aromatic N) is 3. The first-order chi connectivity index (χ1) is 8.29. The Kier molecular flexibility index (Phi) is 2.45. The number of aromatic nitrogens is 4. The molecule has 0 fully saturated rings. The second kappa shape index (κ2) is 3.97. The Morgan fingerprint density at radius 1 is 1.35 bits per heavy atom. The number of aromatic amines is 1. The maximum Gasteiger partial charge on any atom is 0.155 e. The van der Waals surface area contributed by atoms with Crippen molar-refractivity contribution in [2.75, 3.05) is 0 Å². The normalized spacial score (nSPS) is 11.2. The van der Waals surface area contributed by atoms with E-state index in [1.165, 1.54) is 0 Å². The summed E-state index contributed by atoms with van der Waals surface area (Å²) in [4.78, 5) is 7.49. The molecule has 0 radical (unpaired) electrons. The zero-order valence-electron chi connectivity index (χ0n) is 8.89. The van der Waals surface area contributed by atoms with Crippen molar-refractivity contribution in [2.45, 2.75) is 6.54 Å². The van der Waals surface area contributed by atoms with Crippen molar-refractivity contribution < 1.29 is 0 Å². The first kappa shape index (κ1) is 10.5. The molecule has 17 heavy (non-hydrogen) atoms. The second-order valence-electron chi connectivity index (χ2n) is 3.63. The third-order valence-electron chi connectivity index (χ3n) is 2.56. The first-order valence-electron chi connectivity index (χ1n) is 5.17. The van der Waals surface area contributed by atoms with Crippen LogP contribution < -0.4 is 5.73 Å². The summed E-state index contributed by atoms with van der Waals surface area (Å²) in [5.74, 6) is 0. The highest BCUT2D eigenvalue weighted by molar-refractivity contribution is 9.10. The summed E-state index contributed by atoms with van der Waals surface area (Å²) in [6, 6.07) is 7.77. The van der Waals surface area contributed by atoms with E-state index in [4.69, 9.17) is 5.73 Å². The van der Waals surface area contributed by atoms with E-state index < -0.39 is 0 Å². The summed E-state index contributed by atoms with van der Waals surface area (Å²) in [7, 11) is 0. The molecular weight excluding hydrogens is 282 g/mol. The lowest BCUT2D eigenvalue weighted by Crippen LogP contribution is -1.98. The van der Waals surface area contributed by atoms with Crippen molar-refractivity contribution in [3.8, 4) is 11.4 Å². The Morgan fingerprint density at radius 2 is 2.24 bits per heavy atom. The number of halogens is 1. The van der Waals surface area contributed by atoms with Gasteiger partial charge in [-0.1, -0.05) is 0 Å². The Labute approximate surface area is 106 Å². The molecular formula is C11H10BrN5. The number of hydrogen-bond acceptors (Lipinski definition) is 3. The summed E-state index contributed by atoms with van der Waals surface area (Å²) in [6.45, 7) is 0.391. The summed E-state index contributed by atoms with van der Waals surface area (Å²) in [5.41, 5.74) is 9.04. The molecule has 0 bridgehead atoms. The van der Waals surface area contributed by atoms with Gasteiger partial charge in [-0.15, -0.1) is 0 Å². The van der Waals surface area contributed by atoms with Crippen LogP contribution in [0.15, 0.2) is 35.1 Å². The lowest BCUT2D eigenvalue weighted by Gasteiger charge is -1.99. The van der Waals surface area contributed by atoms with E-state index in [-0.39, 0.29) is 0 Å². The molecule has 0 unspecified atom stereocenters. The number of H-pyrrole nitrogens is 1.